The number of carbonyl (C=O) groups excluding carboxylic acids is 2. The Morgan fingerprint density at radius 2 is 2.03 bits per heavy atom. The first-order chi connectivity index (χ1) is 15.3. The number of rotatable bonds is 7. The maximum Gasteiger partial charge on any atom is 0.326 e. The van der Waals surface area contributed by atoms with E-state index in [0.29, 0.717) is 19.4 Å². The molecule has 2 aliphatic rings. The van der Waals surface area contributed by atoms with E-state index in [9.17, 15) is 19.5 Å². The molecule has 1 aromatic carbocycles. The zero-order valence-corrected chi connectivity index (χ0v) is 19.6. The highest BCUT2D eigenvalue weighted by atomic mass is 32.2. The molecule has 2 aliphatic heterocycles. The highest BCUT2D eigenvalue weighted by molar-refractivity contribution is 8.21. The van der Waals surface area contributed by atoms with E-state index in [-0.39, 0.29) is 9.99 Å². The second-order valence-electron chi connectivity index (χ2n) is 8.16. The number of para-hydroxylation sites is 1. The number of thioether (sulfide) groups is 2. The highest BCUT2D eigenvalue weighted by Crippen LogP contribution is 2.51. The lowest BCUT2D eigenvalue weighted by Gasteiger charge is -2.28. The molecule has 2 saturated heterocycles. The summed E-state index contributed by atoms with van der Waals surface area (Å²) in [5, 5.41) is 13.8. The van der Waals surface area contributed by atoms with Crippen LogP contribution in [0.1, 0.15) is 18.9 Å². The van der Waals surface area contributed by atoms with Crippen LogP contribution in [-0.4, -0.2) is 80.2 Å². The van der Waals surface area contributed by atoms with E-state index in [1.165, 1.54) is 12.0 Å². The second kappa shape index (κ2) is 9.36. The van der Waals surface area contributed by atoms with Gasteiger partial charge in [0.1, 0.15) is 12.1 Å². The first-order valence-corrected chi connectivity index (χ1v) is 12.5. The molecule has 0 bridgehead atoms. The molecule has 10 heteroatoms. The monoisotopic (exact) mass is 477 g/mol. The van der Waals surface area contributed by atoms with Gasteiger partial charge in [-0.1, -0.05) is 18.2 Å². The fourth-order valence-corrected chi connectivity index (χ4v) is 7.75. The Labute approximate surface area is 194 Å². The summed E-state index contributed by atoms with van der Waals surface area (Å²) >= 11 is 3.48. The van der Waals surface area contributed by atoms with Crippen molar-refractivity contribution in [2.75, 3.05) is 25.2 Å². The molecule has 3 atom stereocenters. The van der Waals surface area contributed by atoms with Crippen molar-refractivity contribution >= 4 is 52.3 Å². The Hall–Kier alpha value is -2.17. The molecule has 2 fully saturated rings. The molecule has 0 saturated carbocycles. The van der Waals surface area contributed by atoms with E-state index < -0.39 is 30.1 Å². The van der Waals surface area contributed by atoms with Crippen LogP contribution in [0.3, 0.4) is 0 Å². The molecule has 3 heterocycles. The first-order valence-electron chi connectivity index (χ1n) is 10.5. The number of carbonyl (C=O) groups is 3. The van der Waals surface area contributed by atoms with E-state index in [1.54, 1.807) is 30.4 Å². The van der Waals surface area contributed by atoms with Crippen LogP contribution in [0.4, 0.5) is 0 Å². The number of carboxylic acid groups (broad SMARTS) is 1. The lowest BCUT2D eigenvalue weighted by Crippen LogP contribution is -2.53. The van der Waals surface area contributed by atoms with Crippen LogP contribution in [0.2, 0.25) is 0 Å². The van der Waals surface area contributed by atoms with Crippen LogP contribution in [0, 0.1) is 0 Å². The lowest BCUT2D eigenvalue weighted by molar-refractivity contribution is -0.149. The van der Waals surface area contributed by atoms with Crippen molar-refractivity contribution in [3.8, 4) is 0 Å². The molecule has 1 aromatic heterocycles. The van der Waals surface area contributed by atoms with E-state index in [4.69, 9.17) is 4.74 Å². The largest absolute Gasteiger partial charge is 0.480 e. The van der Waals surface area contributed by atoms with Crippen molar-refractivity contribution in [1.29, 1.82) is 0 Å². The van der Waals surface area contributed by atoms with Crippen LogP contribution in [-0.2, 0) is 25.5 Å². The fraction of sp³-hybridized carbons (Fsp3) is 0.500. The number of ether oxygens (including phenoxy) is 1. The van der Waals surface area contributed by atoms with Crippen molar-refractivity contribution in [2.24, 2.45) is 0 Å². The number of esters is 1. The Bertz CT molecular complexity index is 1020. The van der Waals surface area contributed by atoms with Crippen molar-refractivity contribution in [2.45, 2.75) is 42.0 Å². The van der Waals surface area contributed by atoms with Gasteiger partial charge in [0.15, 0.2) is 0 Å². The number of hydrogen-bond acceptors (Lipinski definition) is 7. The standard InChI is InChI=1S/C22H27N3O5S2/c1-13(19(26)25-12-22(31-7-8-32-22)10-18(25)20(27)28)24-17(21(29)30-2)9-14-11-23-16-6-4-3-5-15(14)16/h3-6,11,13,17-18,23-24H,7-10,12H2,1-2H3,(H,27,28)/t13-,17+,18-/m0/s1. The maximum atomic E-state index is 13.3. The Morgan fingerprint density at radius 3 is 2.72 bits per heavy atom. The summed E-state index contributed by atoms with van der Waals surface area (Å²) in [6.07, 6.45) is 2.63. The number of H-pyrrole nitrogens is 1. The minimum atomic E-state index is -0.987. The predicted octanol–water partition coefficient (Wildman–Crippen LogP) is 2.09. The van der Waals surface area contributed by atoms with Crippen LogP contribution in [0.25, 0.3) is 10.9 Å². The number of carboxylic acids is 1. The van der Waals surface area contributed by atoms with E-state index >= 15 is 0 Å². The van der Waals surface area contributed by atoms with Gasteiger partial charge in [-0.05, 0) is 18.6 Å². The van der Waals surface area contributed by atoms with E-state index in [2.05, 4.69) is 10.3 Å². The molecule has 1 amide bonds. The third-order valence-electron chi connectivity index (χ3n) is 6.08. The second-order valence-corrected chi connectivity index (χ2v) is 11.4. The number of benzene rings is 1. The number of methoxy groups -OCH3 is 1. The molecule has 0 aliphatic carbocycles. The van der Waals surface area contributed by atoms with Crippen LogP contribution >= 0.6 is 23.5 Å². The van der Waals surface area contributed by atoms with Crippen molar-refractivity contribution in [1.82, 2.24) is 15.2 Å². The average molecular weight is 478 g/mol. The SMILES string of the molecule is COC(=O)[C@@H](Cc1c[nH]c2ccccc12)N[C@@H](C)C(=O)N1CC2(C[C@H]1C(=O)O)SCCS2. The molecule has 4 rings (SSSR count). The fourth-order valence-electron chi connectivity index (χ4n) is 4.49. The van der Waals surface area contributed by atoms with Gasteiger partial charge in [0, 0.05) is 48.0 Å². The van der Waals surface area contributed by atoms with Crippen LogP contribution < -0.4 is 5.32 Å². The number of aromatic amines is 1. The molecule has 3 N–H and O–H groups in total. The molecule has 32 heavy (non-hydrogen) atoms. The van der Waals surface area contributed by atoms with Crippen molar-refractivity contribution < 1.29 is 24.2 Å². The number of nitrogens with zero attached hydrogens (tertiary/aromatic N) is 1. The zero-order chi connectivity index (χ0) is 22.9. The number of likely N-dealkylation sites (tertiary alicyclic amines) is 1. The van der Waals surface area contributed by atoms with Crippen LogP contribution in [0.15, 0.2) is 30.5 Å². The quantitative estimate of drug-likeness (QED) is 0.520. The van der Waals surface area contributed by atoms with Gasteiger partial charge in [-0.25, -0.2) is 4.79 Å². The zero-order valence-electron chi connectivity index (χ0n) is 18.0. The topological polar surface area (TPSA) is 112 Å². The van der Waals surface area contributed by atoms with Crippen molar-refractivity contribution in [3.05, 3.63) is 36.0 Å². The molecule has 8 nitrogen and oxygen atoms in total. The summed E-state index contributed by atoms with van der Waals surface area (Å²) in [6, 6.07) is 5.46. The van der Waals surface area contributed by atoms with Gasteiger partial charge < -0.3 is 19.7 Å². The number of amides is 1. The summed E-state index contributed by atoms with van der Waals surface area (Å²) in [5.74, 6) is 0.155. The van der Waals surface area contributed by atoms with E-state index in [0.717, 1.165) is 28.0 Å². The smallest absolute Gasteiger partial charge is 0.326 e. The first kappa shape index (κ1) is 23.0. The van der Waals surface area contributed by atoms with Gasteiger partial charge in [-0.15, -0.1) is 23.5 Å². The predicted molar refractivity (Wildman–Crippen MR) is 126 cm³/mol. The van der Waals surface area contributed by atoms with Gasteiger partial charge in [0.05, 0.1) is 17.2 Å². The normalized spacial score (nSPS) is 21.7. The van der Waals surface area contributed by atoms with Crippen molar-refractivity contribution in [3.63, 3.8) is 0 Å². The Morgan fingerprint density at radius 1 is 1.31 bits per heavy atom. The Balaban J connectivity index is 1.50. The molecular weight excluding hydrogens is 450 g/mol. The van der Waals surface area contributed by atoms with Crippen LogP contribution in [0.5, 0.6) is 0 Å². The summed E-state index contributed by atoms with van der Waals surface area (Å²) in [5.41, 5.74) is 1.90. The highest BCUT2D eigenvalue weighted by Gasteiger charge is 2.52. The minimum absolute atomic E-state index is 0.246. The molecular formula is C22H27N3O5S2. The average Bonchev–Trinajstić information content (AvgIpc) is 3.52. The number of hydrogen-bond donors (Lipinski definition) is 3. The van der Waals surface area contributed by atoms with E-state index in [1.807, 2.05) is 30.5 Å². The number of aliphatic carboxylic acids is 1. The third kappa shape index (κ3) is 4.49. The number of fused-ring (bicyclic) bond motifs is 1. The summed E-state index contributed by atoms with van der Waals surface area (Å²) in [4.78, 5) is 42.3. The minimum Gasteiger partial charge on any atom is -0.480 e. The Kier molecular flexibility index (Phi) is 6.73. The molecule has 0 unspecified atom stereocenters. The van der Waals surface area contributed by atoms with Gasteiger partial charge in [0.25, 0.3) is 0 Å². The molecule has 2 aromatic rings. The summed E-state index contributed by atoms with van der Waals surface area (Å²) in [6.45, 7) is 2.07. The molecule has 0 radical (unpaired) electrons. The maximum absolute atomic E-state index is 13.3. The number of aromatic nitrogens is 1. The third-order valence-corrected chi connectivity index (χ3v) is 9.51. The summed E-state index contributed by atoms with van der Waals surface area (Å²) < 4.78 is 4.73. The molecule has 172 valence electrons. The van der Waals surface area contributed by atoms with Gasteiger partial charge in [-0.2, -0.15) is 0 Å². The van der Waals surface area contributed by atoms with Gasteiger partial charge in [0.2, 0.25) is 5.91 Å². The van der Waals surface area contributed by atoms with Gasteiger partial charge in [-0.3, -0.25) is 14.9 Å². The number of nitrogens with one attached hydrogen (secondary N) is 2. The lowest BCUT2D eigenvalue weighted by atomic mass is 10.0. The summed E-state index contributed by atoms with van der Waals surface area (Å²) in [7, 11) is 1.32. The molecule has 1 spiro atoms. The van der Waals surface area contributed by atoms with Gasteiger partial charge >= 0.3 is 11.9 Å².